The van der Waals surface area contributed by atoms with Gasteiger partial charge in [0.2, 0.25) is 5.91 Å². The first-order chi connectivity index (χ1) is 15.2. The van der Waals surface area contributed by atoms with Crippen LogP contribution >= 0.6 is 0 Å². The van der Waals surface area contributed by atoms with E-state index in [0.29, 0.717) is 32.6 Å². The summed E-state index contributed by atoms with van der Waals surface area (Å²) in [6, 6.07) is 5.49. The summed E-state index contributed by atoms with van der Waals surface area (Å²) in [4.78, 5) is 12.0. The van der Waals surface area contributed by atoms with Gasteiger partial charge in [-0.05, 0) is 43.4 Å². The van der Waals surface area contributed by atoms with Crippen LogP contribution in [0.4, 0.5) is 0 Å². The summed E-state index contributed by atoms with van der Waals surface area (Å²) in [6.07, 6.45) is 2.94. The first-order valence-electron chi connectivity index (χ1n) is 10.1. The van der Waals surface area contributed by atoms with Gasteiger partial charge in [-0.15, -0.1) is 0 Å². The lowest BCUT2D eigenvalue weighted by Crippen LogP contribution is -2.42. The van der Waals surface area contributed by atoms with Gasteiger partial charge in [0, 0.05) is 36.5 Å². The molecule has 4 N–H and O–H groups in total. The topological polar surface area (TPSA) is 134 Å². The number of carbonyl (C=O) groups is 1. The van der Waals surface area contributed by atoms with Crippen LogP contribution in [0.2, 0.25) is 0 Å². The van der Waals surface area contributed by atoms with Crippen molar-refractivity contribution in [3.8, 4) is 23.7 Å². The molecule has 0 bridgehead atoms. The first kappa shape index (κ1) is 23.9. The van der Waals surface area contributed by atoms with Crippen LogP contribution in [0, 0.1) is 29.1 Å². The van der Waals surface area contributed by atoms with Gasteiger partial charge < -0.3 is 14.4 Å². The Bertz CT molecular complexity index is 1130. The summed E-state index contributed by atoms with van der Waals surface area (Å²) >= 11 is -2.19. The number of nitrogens with zero attached hydrogens (tertiary/aromatic N) is 2. The minimum Gasteiger partial charge on any atom is -0.381 e. The third kappa shape index (κ3) is 6.16. The maximum absolute atomic E-state index is 12.0. The number of amides is 1. The Kier molecular flexibility index (Phi) is 7.67. The molecule has 0 spiro atoms. The van der Waals surface area contributed by atoms with Crippen LogP contribution in [-0.4, -0.2) is 59.3 Å². The minimum absolute atomic E-state index is 0.204. The van der Waals surface area contributed by atoms with E-state index < -0.39 is 28.0 Å². The Labute approximate surface area is 188 Å². The minimum atomic E-state index is -2.19. The fourth-order valence-corrected chi connectivity index (χ4v) is 4.19. The molecule has 0 aliphatic carbocycles. The molecule has 1 saturated heterocycles. The second-order valence-electron chi connectivity index (χ2n) is 8.03. The van der Waals surface area contributed by atoms with Crippen LogP contribution in [0.15, 0.2) is 24.4 Å². The number of fused-ring (bicyclic) bond motifs is 1. The van der Waals surface area contributed by atoms with Crippen LogP contribution in [0.5, 0.6) is 0 Å². The number of aryl methyl sites for hydroxylation is 1. The van der Waals surface area contributed by atoms with E-state index in [9.17, 15) is 18.7 Å². The summed E-state index contributed by atoms with van der Waals surface area (Å²) in [6.45, 7) is 2.80. The van der Waals surface area contributed by atoms with Crippen molar-refractivity contribution in [2.75, 3.05) is 19.0 Å². The summed E-state index contributed by atoms with van der Waals surface area (Å²) in [5.41, 5.74) is 0.776. The fourth-order valence-electron chi connectivity index (χ4n) is 3.37. The monoisotopic (exact) mass is 459 g/mol. The molecule has 1 aromatic heterocycles. The van der Waals surface area contributed by atoms with E-state index in [1.807, 2.05) is 18.2 Å². The lowest BCUT2D eigenvalue weighted by molar-refractivity contribution is -0.138. The van der Waals surface area contributed by atoms with Crippen LogP contribution in [0.1, 0.15) is 31.7 Å². The van der Waals surface area contributed by atoms with E-state index in [0.717, 1.165) is 16.5 Å². The summed E-state index contributed by atoms with van der Waals surface area (Å²) in [5, 5.41) is 24.6. The predicted molar refractivity (Wildman–Crippen MR) is 118 cm³/mol. The van der Waals surface area contributed by atoms with Gasteiger partial charge in [-0.2, -0.15) is 5.10 Å². The average molecular weight is 460 g/mol. The number of aromatic nitrogens is 2. The fraction of sp³-hybridized carbons (Fsp3) is 0.455. The van der Waals surface area contributed by atoms with E-state index in [4.69, 9.17) is 9.94 Å². The Balaban J connectivity index is 1.70. The average Bonchev–Trinajstić information content (AvgIpc) is 3.17. The highest BCUT2D eigenvalue weighted by atomic mass is 32.2. The molecule has 3 rings (SSSR count). The molecule has 0 saturated carbocycles. The molecular formula is C22H25N3O6S. The van der Waals surface area contributed by atoms with Gasteiger partial charge in [-0.1, -0.05) is 11.8 Å². The largest absolute Gasteiger partial charge is 0.381 e. The normalized spacial score (nSPS) is 17.9. The molecule has 2 atom stereocenters. The van der Waals surface area contributed by atoms with Gasteiger partial charge in [-0.3, -0.25) is 14.7 Å². The van der Waals surface area contributed by atoms with Crippen LogP contribution in [0.25, 0.3) is 10.9 Å². The molecule has 10 heteroatoms. The van der Waals surface area contributed by atoms with Crippen molar-refractivity contribution >= 4 is 27.9 Å². The number of carbonyl (C=O) groups excluding carboxylic acids is 1. The van der Waals surface area contributed by atoms with Crippen molar-refractivity contribution in [1.82, 2.24) is 15.3 Å². The smallest absolute Gasteiger partial charge is 0.250 e. The summed E-state index contributed by atoms with van der Waals surface area (Å²) in [5.74, 6) is 10.2. The zero-order valence-electron chi connectivity index (χ0n) is 17.6. The molecule has 1 amide bonds. The second-order valence-corrected chi connectivity index (χ2v) is 8.96. The van der Waals surface area contributed by atoms with Crippen molar-refractivity contribution in [2.24, 2.45) is 5.41 Å². The first-order valence-corrected chi connectivity index (χ1v) is 11.3. The maximum atomic E-state index is 12.0. The van der Waals surface area contributed by atoms with E-state index >= 15 is 0 Å². The molecule has 1 aliphatic heterocycles. The highest BCUT2D eigenvalue weighted by Crippen LogP contribution is 2.24. The zero-order chi connectivity index (χ0) is 23.2. The number of hydroxylamine groups is 1. The Morgan fingerprint density at radius 1 is 1.38 bits per heavy atom. The van der Waals surface area contributed by atoms with Gasteiger partial charge in [0.25, 0.3) is 0 Å². The van der Waals surface area contributed by atoms with Crippen molar-refractivity contribution < 1.29 is 28.6 Å². The Morgan fingerprint density at radius 3 is 2.81 bits per heavy atom. The van der Waals surface area contributed by atoms with Gasteiger partial charge in [0.1, 0.15) is 5.60 Å². The van der Waals surface area contributed by atoms with Gasteiger partial charge in [-0.25, -0.2) is 9.69 Å². The highest BCUT2D eigenvalue weighted by molar-refractivity contribution is 7.79. The number of nitrogens with one attached hydrogen (secondary N) is 1. The molecule has 1 aliphatic rings. The standard InChI is InChI=1S/C22H25N3O6S/c1-21(16-32(29)30,20(26)24-28)8-11-25-15-18-14-17(5-6-19(18)23-25)4-2-3-7-22(27)9-12-31-13-10-22/h5-6,14-15,27-28H,8-13,16H2,1H3,(H,24,26)(H,29,30)/t21-/m0/s1. The number of rotatable bonds is 6. The lowest BCUT2D eigenvalue weighted by Gasteiger charge is -2.26. The third-order valence-corrected chi connectivity index (χ3v) is 6.30. The van der Waals surface area contributed by atoms with Crippen LogP contribution in [0.3, 0.4) is 0 Å². The highest BCUT2D eigenvalue weighted by Gasteiger charge is 2.35. The molecule has 170 valence electrons. The SMILES string of the molecule is C[C@](CCn1cc2cc(C#CC#CC3(O)CCOCC3)ccc2n1)(CS(=O)O)C(=O)NO. The molecular weight excluding hydrogens is 434 g/mol. The predicted octanol–water partition coefficient (Wildman–Crippen LogP) is 1.06. The van der Waals surface area contributed by atoms with E-state index in [-0.39, 0.29) is 12.2 Å². The summed E-state index contributed by atoms with van der Waals surface area (Å²) < 4.78 is 27.3. The number of benzene rings is 1. The number of hydrogen-bond acceptors (Lipinski definition) is 6. The van der Waals surface area contributed by atoms with E-state index in [1.54, 1.807) is 16.4 Å². The van der Waals surface area contributed by atoms with Gasteiger partial charge >= 0.3 is 0 Å². The van der Waals surface area contributed by atoms with Crippen LogP contribution < -0.4 is 5.48 Å². The van der Waals surface area contributed by atoms with Gasteiger partial charge in [0.15, 0.2) is 11.1 Å². The lowest BCUT2D eigenvalue weighted by atomic mass is 9.88. The van der Waals surface area contributed by atoms with Crippen molar-refractivity contribution in [3.63, 3.8) is 0 Å². The molecule has 9 nitrogen and oxygen atoms in total. The molecule has 2 heterocycles. The third-order valence-electron chi connectivity index (χ3n) is 5.42. The zero-order valence-corrected chi connectivity index (χ0v) is 18.4. The Morgan fingerprint density at radius 2 is 2.12 bits per heavy atom. The van der Waals surface area contributed by atoms with Crippen LogP contribution in [-0.2, 0) is 27.2 Å². The quantitative estimate of drug-likeness (QED) is 0.220. The number of aliphatic hydroxyl groups is 1. The van der Waals surface area contributed by atoms with Crippen molar-refractivity contribution in [1.29, 1.82) is 0 Å². The molecule has 1 unspecified atom stereocenters. The maximum Gasteiger partial charge on any atom is 0.250 e. The summed E-state index contributed by atoms with van der Waals surface area (Å²) in [7, 11) is 0. The van der Waals surface area contributed by atoms with Crippen molar-refractivity contribution in [3.05, 3.63) is 30.0 Å². The molecule has 0 radical (unpaired) electrons. The number of ether oxygens (including phenoxy) is 1. The molecule has 1 aromatic carbocycles. The van der Waals surface area contributed by atoms with Crippen molar-refractivity contribution in [2.45, 2.75) is 38.3 Å². The molecule has 32 heavy (non-hydrogen) atoms. The molecule has 1 fully saturated rings. The number of hydrogen-bond donors (Lipinski definition) is 4. The van der Waals surface area contributed by atoms with E-state index in [2.05, 4.69) is 28.8 Å². The van der Waals surface area contributed by atoms with E-state index in [1.165, 1.54) is 6.92 Å². The van der Waals surface area contributed by atoms with Gasteiger partial charge in [0.05, 0.1) is 29.9 Å². The Hall–Kier alpha value is -2.73. The second kappa shape index (κ2) is 10.3. The molecule has 2 aromatic rings.